The Labute approximate surface area is 160 Å². The number of hydrogen-bond acceptors (Lipinski definition) is 2. The molecule has 0 atom stereocenters. The van der Waals surface area contributed by atoms with Gasteiger partial charge in [0.15, 0.2) is 0 Å². The Morgan fingerprint density at radius 2 is 1.26 bits per heavy atom. The Bertz CT molecular complexity index is 942. The topological polar surface area (TPSA) is 70.2 Å². The van der Waals surface area contributed by atoms with Crippen molar-refractivity contribution in [3.8, 4) is 0 Å². The Morgan fingerprint density at radius 3 is 1.85 bits per heavy atom. The zero-order chi connectivity index (χ0) is 19.2. The number of carbonyl (C=O) groups is 2. The number of hydrogen-bond donors (Lipinski definition) is 3. The molecule has 27 heavy (non-hydrogen) atoms. The average molecular weight is 384 g/mol. The van der Waals surface area contributed by atoms with Crippen molar-refractivity contribution in [1.29, 1.82) is 0 Å². The summed E-state index contributed by atoms with van der Waals surface area (Å²) in [5.74, 6) is -1.35. The number of anilines is 3. The second kappa shape index (κ2) is 8.33. The summed E-state index contributed by atoms with van der Waals surface area (Å²) in [6.07, 6.45) is 0. The first-order chi connectivity index (χ1) is 13.0. The van der Waals surface area contributed by atoms with E-state index in [4.69, 9.17) is 11.6 Å². The van der Waals surface area contributed by atoms with Gasteiger partial charge in [0, 0.05) is 17.1 Å². The first-order valence-corrected chi connectivity index (χ1v) is 8.39. The van der Waals surface area contributed by atoms with Crippen LogP contribution < -0.4 is 16.0 Å². The largest absolute Gasteiger partial charge is 0.323 e. The van der Waals surface area contributed by atoms with Gasteiger partial charge in [0.2, 0.25) is 0 Å². The zero-order valence-corrected chi connectivity index (χ0v) is 14.8. The van der Waals surface area contributed by atoms with Crippen molar-refractivity contribution in [2.75, 3.05) is 16.0 Å². The lowest BCUT2D eigenvalue weighted by molar-refractivity contribution is 0.102. The van der Waals surface area contributed by atoms with Crippen LogP contribution in [0.5, 0.6) is 0 Å². The number of urea groups is 1. The molecule has 0 aliphatic rings. The molecule has 3 amide bonds. The molecule has 3 rings (SSSR count). The molecule has 0 aliphatic carbocycles. The van der Waals surface area contributed by atoms with E-state index in [9.17, 15) is 14.0 Å². The fraction of sp³-hybridized carbons (Fsp3) is 0. The maximum absolute atomic E-state index is 13.8. The minimum absolute atomic E-state index is 0.0309. The third-order valence-electron chi connectivity index (χ3n) is 3.62. The fourth-order valence-corrected chi connectivity index (χ4v) is 2.61. The first-order valence-electron chi connectivity index (χ1n) is 8.01. The van der Waals surface area contributed by atoms with Crippen molar-refractivity contribution >= 4 is 40.6 Å². The molecule has 7 heteroatoms. The number of para-hydroxylation sites is 1. The van der Waals surface area contributed by atoms with Crippen molar-refractivity contribution in [2.45, 2.75) is 0 Å². The van der Waals surface area contributed by atoms with Crippen molar-refractivity contribution < 1.29 is 14.0 Å². The van der Waals surface area contributed by atoms with Crippen LogP contribution in [0.15, 0.2) is 72.8 Å². The molecular weight excluding hydrogens is 369 g/mol. The van der Waals surface area contributed by atoms with Crippen LogP contribution in [0.1, 0.15) is 10.4 Å². The molecule has 0 unspecified atom stereocenters. The predicted molar refractivity (Wildman–Crippen MR) is 105 cm³/mol. The van der Waals surface area contributed by atoms with Gasteiger partial charge in [0.1, 0.15) is 5.82 Å². The second-order valence-electron chi connectivity index (χ2n) is 5.57. The van der Waals surface area contributed by atoms with Gasteiger partial charge in [-0.25, -0.2) is 9.18 Å². The van der Waals surface area contributed by atoms with E-state index in [1.54, 1.807) is 36.4 Å². The first kappa shape index (κ1) is 18.4. The summed E-state index contributed by atoms with van der Waals surface area (Å²) in [4.78, 5) is 24.2. The Kier molecular flexibility index (Phi) is 5.68. The summed E-state index contributed by atoms with van der Waals surface area (Å²) in [5.41, 5.74) is 1.42. The molecule has 0 bridgehead atoms. The van der Waals surface area contributed by atoms with Gasteiger partial charge in [-0.15, -0.1) is 0 Å². The van der Waals surface area contributed by atoms with Crippen molar-refractivity contribution in [1.82, 2.24) is 0 Å². The highest BCUT2D eigenvalue weighted by Crippen LogP contribution is 2.21. The molecule has 5 nitrogen and oxygen atoms in total. The molecule has 0 aliphatic heterocycles. The summed E-state index contributed by atoms with van der Waals surface area (Å²) in [6, 6.07) is 19.1. The molecule has 0 aromatic heterocycles. The number of carbonyl (C=O) groups excluding carboxylic acids is 2. The maximum Gasteiger partial charge on any atom is 0.323 e. The van der Waals surface area contributed by atoms with E-state index in [1.807, 2.05) is 18.2 Å². The van der Waals surface area contributed by atoms with E-state index < -0.39 is 17.8 Å². The standard InChI is InChI=1S/C20H15ClFN3O2/c21-16-7-4-8-17(22)18(16)19(26)23-14-9-11-15(12-10-14)25-20(27)24-13-5-2-1-3-6-13/h1-12H,(H,23,26)(H2,24,25,27). The second-order valence-corrected chi connectivity index (χ2v) is 5.98. The number of rotatable bonds is 4. The van der Waals surface area contributed by atoms with E-state index in [0.29, 0.717) is 17.1 Å². The highest BCUT2D eigenvalue weighted by molar-refractivity contribution is 6.34. The van der Waals surface area contributed by atoms with Crippen LogP contribution >= 0.6 is 11.6 Å². The van der Waals surface area contributed by atoms with Crippen LogP contribution in [0.4, 0.5) is 26.2 Å². The lowest BCUT2D eigenvalue weighted by atomic mass is 10.2. The minimum Gasteiger partial charge on any atom is -0.322 e. The summed E-state index contributed by atoms with van der Waals surface area (Å²) in [7, 11) is 0. The third-order valence-corrected chi connectivity index (χ3v) is 3.94. The van der Waals surface area contributed by atoms with Gasteiger partial charge in [-0.3, -0.25) is 4.79 Å². The molecule has 0 fully saturated rings. The van der Waals surface area contributed by atoms with Crippen LogP contribution in [-0.4, -0.2) is 11.9 Å². The summed E-state index contributed by atoms with van der Waals surface area (Å²) in [5, 5.41) is 7.97. The monoisotopic (exact) mass is 383 g/mol. The van der Waals surface area contributed by atoms with Gasteiger partial charge >= 0.3 is 6.03 Å². The maximum atomic E-state index is 13.8. The van der Waals surface area contributed by atoms with E-state index in [1.165, 1.54) is 18.2 Å². The van der Waals surface area contributed by atoms with E-state index in [0.717, 1.165) is 0 Å². The van der Waals surface area contributed by atoms with Gasteiger partial charge < -0.3 is 16.0 Å². The molecule has 0 heterocycles. The average Bonchev–Trinajstić information content (AvgIpc) is 2.64. The number of amides is 3. The van der Waals surface area contributed by atoms with Crippen molar-refractivity contribution in [3.63, 3.8) is 0 Å². The van der Waals surface area contributed by atoms with Gasteiger partial charge in [-0.1, -0.05) is 35.9 Å². The quantitative estimate of drug-likeness (QED) is 0.566. The molecule has 0 saturated heterocycles. The highest BCUT2D eigenvalue weighted by atomic mass is 35.5. The smallest absolute Gasteiger partial charge is 0.322 e. The highest BCUT2D eigenvalue weighted by Gasteiger charge is 2.15. The van der Waals surface area contributed by atoms with Gasteiger partial charge in [-0.05, 0) is 48.5 Å². The molecule has 0 radical (unpaired) electrons. The van der Waals surface area contributed by atoms with Crippen LogP contribution in [-0.2, 0) is 0 Å². The fourth-order valence-electron chi connectivity index (χ4n) is 2.36. The van der Waals surface area contributed by atoms with E-state index in [2.05, 4.69) is 16.0 Å². The minimum atomic E-state index is -0.698. The van der Waals surface area contributed by atoms with E-state index >= 15 is 0 Å². The van der Waals surface area contributed by atoms with Crippen LogP contribution in [0.3, 0.4) is 0 Å². The lowest BCUT2D eigenvalue weighted by Crippen LogP contribution is -2.19. The Hall–Kier alpha value is -3.38. The van der Waals surface area contributed by atoms with E-state index in [-0.39, 0.29) is 10.6 Å². The summed E-state index contributed by atoms with van der Waals surface area (Å²) >= 11 is 5.88. The number of halogens is 2. The third kappa shape index (κ3) is 4.83. The molecule has 0 spiro atoms. The Balaban J connectivity index is 1.62. The van der Waals surface area contributed by atoms with Crippen LogP contribution in [0.25, 0.3) is 0 Å². The SMILES string of the molecule is O=C(Nc1ccccc1)Nc1ccc(NC(=O)c2c(F)cccc2Cl)cc1. The summed E-state index contributed by atoms with van der Waals surface area (Å²) in [6.45, 7) is 0. The van der Waals surface area contributed by atoms with Crippen LogP contribution in [0, 0.1) is 5.82 Å². The zero-order valence-electron chi connectivity index (χ0n) is 14.0. The number of nitrogens with one attached hydrogen (secondary N) is 3. The summed E-state index contributed by atoms with van der Waals surface area (Å²) < 4.78 is 13.8. The molecule has 3 N–H and O–H groups in total. The Morgan fingerprint density at radius 1 is 0.704 bits per heavy atom. The van der Waals surface area contributed by atoms with Crippen molar-refractivity contribution in [2.24, 2.45) is 0 Å². The van der Waals surface area contributed by atoms with Crippen molar-refractivity contribution in [3.05, 3.63) is 89.2 Å². The molecule has 3 aromatic rings. The normalized spacial score (nSPS) is 10.1. The molecule has 136 valence electrons. The van der Waals surface area contributed by atoms with Gasteiger partial charge in [-0.2, -0.15) is 0 Å². The molecule has 3 aromatic carbocycles. The van der Waals surface area contributed by atoms with Crippen LogP contribution in [0.2, 0.25) is 5.02 Å². The van der Waals surface area contributed by atoms with Gasteiger partial charge in [0.25, 0.3) is 5.91 Å². The lowest BCUT2D eigenvalue weighted by Gasteiger charge is -2.10. The number of benzene rings is 3. The predicted octanol–water partition coefficient (Wildman–Crippen LogP) is 5.38. The van der Waals surface area contributed by atoms with Gasteiger partial charge in [0.05, 0.1) is 10.6 Å². The molecule has 0 saturated carbocycles. The molecular formula is C20H15ClFN3O2.